The third-order valence-corrected chi connectivity index (χ3v) is 7.54. The van der Waals surface area contributed by atoms with E-state index in [9.17, 15) is 14.4 Å². The summed E-state index contributed by atoms with van der Waals surface area (Å²) in [6, 6.07) is 9.78. The quantitative estimate of drug-likeness (QED) is 0.456. The number of aromatic amines is 1. The van der Waals surface area contributed by atoms with Crippen molar-refractivity contribution in [2.75, 3.05) is 20.2 Å². The first-order valence-corrected chi connectivity index (χ1v) is 13.5. The van der Waals surface area contributed by atoms with Crippen LogP contribution in [0.25, 0.3) is 10.9 Å². The molecular formula is C30H40N4O5. The van der Waals surface area contributed by atoms with Crippen molar-refractivity contribution in [1.29, 1.82) is 0 Å². The number of amides is 2. The highest BCUT2D eigenvalue weighted by Gasteiger charge is 2.32. The molecule has 0 saturated carbocycles. The molecular weight excluding hydrogens is 496 g/mol. The monoisotopic (exact) mass is 536 g/mol. The van der Waals surface area contributed by atoms with Crippen LogP contribution in [0.15, 0.2) is 35.1 Å². The van der Waals surface area contributed by atoms with Crippen molar-refractivity contribution in [3.8, 4) is 5.75 Å². The van der Waals surface area contributed by atoms with Crippen molar-refractivity contribution < 1.29 is 19.1 Å². The van der Waals surface area contributed by atoms with Gasteiger partial charge in [-0.15, -0.1) is 0 Å². The zero-order valence-electron chi connectivity index (χ0n) is 24.0. The minimum absolute atomic E-state index is 0.0508. The number of carbonyl (C=O) groups is 2. The number of piperidine rings is 1. The molecule has 4 rings (SSSR count). The van der Waals surface area contributed by atoms with Gasteiger partial charge in [0.05, 0.1) is 24.8 Å². The van der Waals surface area contributed by atoms with E-state index in [4.69, 9.17) is 9.47 Å². The molecule has 1 unspecified atom stereocenters. The maximum Gasteiger partial charge on any atom is 0.410 e. The minimum atomic E-state index is -0.516. The summed E-state index contributed by atoms with van der Waals surface area (Å²) in [4.78, 5) is 43.2. The second-order valence-corrected chi connectivity index (χ2v) is 11.4. The van der Waals surface area contributed by atoms with E-state index in [0.717, 1.165) is 29.4 Å². The first kappa shape index (κ1) is 28.3. The topological polar surface area (TPSA) is 106 Å². The van der Waals surface area contributed by atoms with Gasteiger partial charge in [0.15, 0.2) is 0 Å². The van der Waals surface area contributed by atoms with E-state index in [1.165, 1.54) is 7.11 Å². The van der Waals surface area contributed by atoms with Crippen molar-refractivity contribution in [3.63, 3.8) is 0 Å². The normalized spacial score (nSPS) is 15.3. The van der Waals surface area contributed by atoms with E-state index in [2.05, 4.69) is 21.8 Å². The molecule has 0 spiro atoms. The van der Waals surface area contributed by atoms with Gasteiger partial charge in [-0.3, -0.25) is 9.59 Å². The number of ether oxygens (including phenoxy) is 2. The largest absolute Gasteiger partial charge is 0.496 e. The zero-order valence-corrected chi connectivity index (χ0v) is 24.0. The van der Waals surface area contributed by atoms with Crippen molar-refractivity contribution in [2.24, 2.45) is 5.92 Å². The van der Waals surface area contributed by atoms with Gasteiger partial charge in [0, 0.05) is 41.4 Å². The number of hydrogen-bond acceptors (Lipinski definition) is 5. The molecule has 1 saturated heterocycles. The molecule has 210 valence electrons. The number of methoxy groups -OCH3 is 1. The number of nitrogens with zero attached hydrogens (tertiary/aromatic N) is 2. The Morgan fingerprint density at radius 2 is 1.82 bits per heavy atom. The van der Waals surface area contributed by atoms with Gasteiger partial charge in [-0.05, 0) is 72.4 Å². The van der Waals surface area contributed by atoms with Crippen LogP contribution in [0.5, 0.6) is 5.75 Å². The highest BCUT2D eigenvalue weighted by Crippen LogP contribution is 2.36. The van der Waals surface area contributed by atoms with Crippen LogP contribution in [-0.4, -0.2) is 52.3 Å². The number of para-hydroxylation sites is 1. The van der Waals surface area contributed by atoms with Crippen LogP contribution in [0.1, 0.15) is 73.9 Å². The van der Waals surface area contributed by atoms with E-state index >= 15 is 0 Å². The maximum atomic E-state index is 13.5. The highest BCUT2D eigenvalue weighted by atomic mass is 16.6. The number of likely N-dealkylation sites (tertiary alicyclic amines) is 1. The standard InChI is InChI=1S/C30H40N4O5/c1-18-16-25(38-7)23(27(35)32-18)17-31-28(36)26-20(3)34(24-11-9-8-10-22(24)26)19(2)21-12-14-33(15-13-21)29(37)39-30(4,5)6/h8-11,16,19,21H,12-15,17H2,1-7H3,(H,31,36)(H,32,35). The van der Waals surface area contributed by atoms with Crippen LogP contribution in [0.4, 0.5) is 4.79 Å². The van der Waals surface area contributed by atoms with E-state index in [0.29, 0.717) is 41.6 Å². The fourth-order valence-corrected chi connectivity index (χ4v) is 5.60. The second-order valence-electron chi connectivity index (χ2n) is 11.4. The molecule has 0 radical (unpaired) electrons. The number of aromatic nitrogens is 2. The highest BCUT2D eigenvalue weighted by molar-refractivity contribution is 6.08. The lowest BCUT2D eigenvalue weighted by molar-refractivity contribution is 0.0165. The van der Waals surface area contributed by atoms with E-state index in [1.54, 1.807) is 17.9 Å². The Morgan fingerprint density at radius 3 is 2.46 bits per heavy atom. The van der Waals surface area contributed by atoms with Gasteiger partial charge < -0.3 is 29.2 Å². The average Bonchev–Trinajstić information content (AvgIpc) is 3.17. The molecule has 9 heteroatoms. The fourth-order valence-electron chi connectivity index (χ4n) is 5.60. The molecule has 9 nitrogen and oxygen atoms in total. The lowest BCUT2D eigenvalue weighted by Gasteiger charge is -2.36. The predicted molar refractivity (Wildman–Crippen MR) is 151 cm³/mol. The van der Waals surface area contributed by atoms with Crippen LogP contribution in [-0.2, 0) is 11.3 Å². The Labute approximate surface area is 229 Å². The van der Waals surface area contributed by atoms with Crippen molar-refractivity contribution in [2.45, 2.75) is 72.6 Å². The van der Waals surface area contributed by atoms with Gasteiger partial charge in [-0.1, -0.05) is 18.2 Å². The first-order chi connectivity index (χ1) is 18.4. The average molecular weight is 537 g/mol. The summed E-state index contributed by atoms with van der Waals surface area (Å²) >= 11 is 0. The Morgan fingerprint density at radius 1 is 1.15 bits per heavy atom. The van der Waals surface area contributed by atoms with Gasteiger partial charge in [0.1, 0.15) is 11.4 Å². The molecule has 1 atom stereocenters. The molecule has 1 aromatic carbocycles. The third kappa shape index (κ3) is 5.97. The Kier molecular flexibility index (Phi) is 8.09. The summed E-state index contributed by atoms with van der Waals surface area (Å²) in [6.07, 6.45) is 1.44. The van der Waals surface area contributed by atoms with Crippen LogP contribution < -0.4 is 15.6 Å². The SMILES string of the molecule is COc1cc(C)[nH]c(=O)c1CNC(=O)c1c(C)n(C(C)C2CCN(C(=O)OC(C)(C)C)CC2)c2ccccc12. The van der Waals surface area contributed by atoms with E-state index in [1.807, 2.05) is 52.0 Å². The van der Waals surface area contributed by atoms with Crippen LogP contribution in [0.2, 0.25) is 0 Å². The summed E-state index contributed by atoms with van der Waals surface area (Å²) in [7, 11) is 1.51. The second kappa shape index (κ2) is 11.2. The van der Waals surface area contributed by atoms with Crippen molar-refractivity contribution in [3.05, 3.63) is 63.2 Å². The lowest BCUT2D eigenvalue weighted by atomic mass is 9.90. The van der Waals surface area contributed by atoms with Crippen LogP contribution in [0, 0.1) is 19.8 Å². The first-order valence-electron chi connectivity index (χ1n) is 13.5. The molecule has 1 aliphatic rings. The molecule has 1 fully saturated rings. The summed E-state index contributed by atoms with van der Waals surface area (Å²) in [5.74, 6) is 0.544. The van der Waals surface area contributed by atoms with Crippen LogP contribution in [0.3, 0.4) is 0 Å². The van der Waals surface area contributed by atoms with Crippen molar-refractivity contribution >= 4 is 22.9 Å². The number of fused-ring (bicyclic) bond motifs is 1. The summed E-state index contributed by atoms with van der Waals surface area (Å²) in [5, 5.41) is 3.81. The van der Waals surface area contributed by atoms with Gasteiger partial charge in [-0.2, -0.15) is 0 Å². The number of H-pyrrole nitrogens is 1. The Hall–Kier alpha value is -3.75. The smallest absolute Gasteiger partial charge is 0.410 e. The van der Waals surface area contributed by atoms with Gasteiger partial charge in [-0.25, -0.2) is 4.79 Å². The minimum Gasteiger partial charge on any atom is -0.496 e. The number of rotatable bonds is 6. The molecule has 0 aliphatic carbocycles. The third-order valence-electron chi connectivity index (χ3n) is 7.54. The number of pyridine rings is 1. The molecule has 3 heterocycles. The Bertz CT molecular complexity index is 1420. The number of hydrogen-bond donors (Lipinski definition) is 2. The zero-order chi connectivity index (χ0) is 28.5. The fraction of sp³-hybridized carbons (Fsp3) is 0.500. The molecule has 2 aromatic heterocycles. The Balaban J connectivity index is 1.55. The van der Waals surface area contributed by atoms with Crippen LogP contribution >= 0.6 is 0 Å². The molecule has 39 heavy (non-hydrogen) atoms. The number of benzene rings is 1. The summed E-state index contributed by atoms with van der Waals surface area (Å²) < 4.78 is 13.2. The van der Waals surface area contributed by atoms with E-state index < -0.39 is 5.60 Å². The van der Waals surface area contributed by atoms with Gasteiger partial charge in [0.25, 0.3) is 11.5 Å². The molecule has 1 aliphatic heterocycles. The lowest BCUT2D eigenvalue weighted by Crippen LogP contribution is -2.42. The number of aryl methyl sites for hydroxylation is 1. The summed E-state index contributed by atoms with van der Waals surface area (Å²) in [5.41, 5.74) is 2.74. The molecule has 3 aromatic rings. The molecule has 0 bridgehead atoms. The van der Waals surface area contributed by atoms with Gasteiger partial charge in [0.2, 0.25) is 0 Å². The summed E-state index contributed by atoms with van der Waals surface area (Å²) in [6.45, 7) is 12.9. The van der Waals surface area contributed by atoms with Gasteiger partial charge >= 0.3 is 6.09 Å². The molecule has 2 amide bonds. The maximum absolute atomic E-state index is 13.5. The number of nitrogens with one attached hydrogen (secondary N) is 2. The number of carbonyl (C=O) groups excluding carboxylic acids is 2. The van der Waals surface area contributed by atoms with E-state index in [-0.39, 0.29) is 30.1 Å². The molecule has 2 N–H and O–H groups in total. The van der Waals surface area contributed by atoms with Crippen molar-refractivity contribution in [1.82, 2.24) is 19.8 Å². The predicted octanol–water partition coefficient (Wildman–Crippen LogP) is 5.09.